The molecule has 0 atom stereocenters. The number of halogens is 1. The van der Waals surface area contributed by atoms with Crippen molar-refractivity contribution in [2.45, 2.75) is 13.8 Å². The molecule has 1 N–H and O–H groups in total. The van der Waals surface area contributed by atoms with E-state index in [1.54, 1.807) is 44.2 Å². The normalized spacial score (nSPS) is 14.4. The summed E-state index contributed by atoms with van der Waals surface area (Å²) in [6.07, 6.45) is 1.39. The van der Waals surface area contributed by atoms with Crippen molar-refractivity contribution < 1.29 is 28.5 Å². The van der Waals surface area contributed by atoms with E-state index in [0.717, 1.165) is 10.5 Å². The number of furan rings is 1. The summed E-state index contributed by atoms with van der Waals surface area (Å²) in [7, 11) is 1.46. The molecule has 1 fully saturated rings. The number of anilines is 1. The number of imide groups is 1. The first-order valence-corrected chi connectivity index (χ1v) is 12.0. The van der Waals surface area contributed by atoms with Gasteiger partial charge in [-0.1, -0.05) is 11.6 Å². The highest BCUT2D eigenvalue weighted by molar-refractivity contribution is 8.18. The highest BCUT2D eigenvalue weighted by Gasteiger charge is 2.36. The number of carbonyl (C=O) groups is 3. The minimum Gasteiger partial charge on any atom is -0.495 e. The summed E-state index contributed by atoms with van der Waals surface area (Å²) in [5.74, 6) is -0.139. The van der Waals surface area contributed by atoms with Crippen molar-refractivity contribution in [3.05, 3.63) is 79.4 Å². The summed E-state index contributed by atoms with van der Waals surface area (Å²) in [4.78, 5) is 49.5. The Balaban J connectivity index is 1.48. The molecule has 0 aliphatic carbocycles. The zero-order chi connectivity index (χ0) is 26.9. The zero-order valence-electron chi connectivity index (χ0n) is 19.9. The Morgan fingerprint density at radius 2 is 1.97 bits per heavy atom. The Bertz CT molecular complexity index is 1480. The van der Waals surface area contributed by atoms with E-state index in [0.29, 0.717) is 45.1 Å². The second kappa shape index (κ2) is 10.5. The van der Waals surface area contributed by atoms with Gasteiger partial charge in [0.05, 0.1) is 22.0 Å². The maximum Gasteiger partial charge on any atom is 0.294 e. The van der Waals surface area contributed by atoms with Crippen LogP contribution in [0.5, 0.6) is 5.75 Å². The van der Waals surface area contributed by atoms with E-state index in [1.165, 1.54) is 25.3 Å². The summed E-state index contributed by atoms with van der Waals surface area (Å²) in [5.41, 5.74) is 2.17. The van der Waals surface area contributed by atoms with Gasteiger partial charge < -0.3 is 14.5 Å². The summed E-state index contributed by atoms with van der Waals surface area (Å²) in [6.45, 7) is 2.96. The molecule has 0 unspecified atom stereocenters. The van der Waals surface area contributed by atoms with E-state index in [1.807, 2.05) is 0 Å². The number of nitro groups is 1. The highest BCUT2D eigenvalue weighted by atomic mass is 35.5. The molecule has 1 aromatic heterocycles. The van der Waals surface area contributed by atoms with Gasteiger partial charge in [-0.2, -0.15) is 0 Å². The van der Waals surface area contributed by atoms with Gasteiger partial charge in [0.2, 0.25) is 5.91 Å². The largest absolute Gasteiger partial charge is 0.495 e. The highest BCUT2D eigenvalue weighted by Crippen LogP contribution is 2.35. The second-order valence-electron chi connectivity index (χ2n) is 8.06. The van der Waals surface area contributed by atoms with Crippen LogP contribution in [0.15, 0.2) is 51.8 Å². The van der Waals surface area contributed by atoms with Crippen LogP contribution in [-0.2, 0) is 9.59 Å². The summed E-state index contributed by atoms with van der Waals surface area (Å²) in [5, 5.41) is 13.6. The monoisotopic (exact) mass is 541 g/mol. The molecule has 0 saturated carbocycles. The molecule has 10 nitrogen and oxygen atoms in total. The fourth-order valence-electron chi connectivity index (χ4n) is 3.61. The van der Waals surface area contributed by atoms with Crippen molar-refractivity contribution in [1.82, 2.24) is 4.90 Å². The SMILES string of the molecule is COc1ccc(NC(=O)CN2C(=O)S/C(=C/c3ccc(-c4cc(C)c(C)c([N+](=O)[O-])c4)o3)C2=O)cc1Cl. The van der Waals surface area contributed by atoms with Gasteiger partial charge >= 0.3 is 0 Å². The number of benzene rings is 2. The molecule has 1 aliphatic rings. The molecule has 2 heterocycles. The first kappa shape index (κ1) is 26.0. The molecule has 1 aliphatic heterocycles. The molecule has 37 heavy (non-hydrogen) atoms. The molecule has 3 amide bonds. The van der Waals surface area contributed by atoms with Gasteiger partial charge in [0, 0.05) is 29.0 Å². The first-order valence-electron chi connectivity index (χ1n) is 10.8. The van der Waals surface area contributed by atoms with Gasteiger partial charge in [0.15, 0.2) is 0 Å². The number of nitro benzene ring substituents is 1. The standard InChI is InChI=1S/C25H20ClN3O7S/c1-13-8-15(9-19(14(13)2)29(33)34)20-7-5-17(36-20)11-22-24(31)28(25(32)37-22)12-23(30)27-16-4-6-21(35-3)18(26)10-16/h4-11H,12H2,1-3H3,(H,27,30)/b22-11+. The van der Waals surface area contributed by atoms with E-state index in [2.05, 4.69) is 5.32 Å². The number of hydrogen-bond acceptors (Lipinski definition) is 8. The third-order valence-electron chi connectivity index (χ3n) is 5.63. The number of nitrogens with one attached hydrogen (secondary N) is 1. The molecular weight excluding hydrogens is 522 g/mol. The van der Waals surface area contributed by atoms with Crippen LogP contribution in [0.3, 0.4) is 0 Å². The second-order valence-corrected chi connectivity index (χ2v) is 9.46. The smallest absolute Gasteiger partial charge is 0.294 e. The summed E-state index contributed by atoms with van der Waals surface area (Å²) >= 11 is 6.74. The van der Waals surface area contributed by atoms with Crippen LogP contribution in [0.1, 0.15) is 16.9 Å². The lowest BCUT2D eigenvalue weighted by molar-refractivity contribution is -0.385. The van der Waals surface area contributed by atoms with Crippen LogP contribution < -0.4 is 10.1 Å². The molecule has 0 bridgehead atoms. The Morgan fingerprint density at radius 3 is 2.65 bits per heavy atom. The average molecular weight is 542 g/mol. The van der Waals surface area contributed by atoms with E-state index in [9.17, 15) is 24.5 Å². The van der Waals surface area contributed by atoms with Gasteiger partial charge in [0.25, 0.3) is 16.8 Å². The third kappa shape index (κ3) is 5.52. The average Bonchev–Trinajstić information content (AvgIpc) is 3.41. The van der Waals surface area contributed by atoms with Crippen molar-refractivity contribution >= 4 is 57.9 Å². The lowest BCUT2D eigenvalue weighted by Gasteiger charge is -2.13. The number of nitrogens with zero attached hydrogens (tertiary/aromatic N) is 2. The van der Waals surface area contributed by atoms with E-state index >= 15 is 0 Å². The number of hydrogen-bond donors (Lipinski definition) is 1. The lowest BCUT2D eigenvalue weighted by Crippen LogP contribution is -2.36. The van der Waals surface area contributed by atoms with E-state index in [4.69, 9.17) is 20.8 Å². The van der Waals surface area contributed by atoms with Crippen molar-refractivity contribution in [3.8, 4) is 17.1 Å². The quantitative estimate of drug-likeness (QED) is 0.225. The number of methoxy groups -OCH3 is 1. The van der Waals surface area contributed by atoms with Crippen molar-refractivity contribution in [2.24, 2.45) is 0 Å². The first-order chi connectivity index (χ1) is 17.6. The molecule has 0 spiro atoms. The van der Waals surface area contributed by atoms with Gasteiger partial charge in [-0.3, -0.25) is 29.4 Å². The maximum absolute atomic E-state index is 12.8. The Morgan fingerprint density at radius 1 is 1.22 bits per heavy atom. The molecule has 2 aromatic carbocycles. The third-order valence-corrected chi connectivity index (χ3v) is 6.83. The summed E-state index contributed by atoms with van der Waals surface area (Å²) < 4.78 is 10.8. The Hall–Kier alpha value is -4.09. The van der Waals surface area contributed by atoms with Gasteiger partial charge in [-0.25, -0.2) is 0 Å². The van der Waals surface area contributed by atoms with Crippen LogP contribution in [0.2, 0.25) is 5.02 Å². The fraction of sp³-hybridized carbons (Fsp3) is 0.160. The molecule has 12 heteroatoms. The number of amides is 3. The van der Waals surface area contributed by atoms with Gasteiger partial charge in [0.1, 0.15) is 23.8 Å². The molecule has 4 rings (SSSR count). The van der Waals surface area contributed by atoms with Crippen LogP contribution in [0.4, 0.5) is 16.2 Å². The molecule has 190 valence electrons. The topological polar surface area (TPSA) is 132 Å². The number of aryl methyl sites for hydroxylation is 1. The van der Waals surface area contributed by atoms with Crippen LogP contribution in [0, 0.1) is 24.0 Å². The molecule has 1 saturated heterocycles. The minimum absolute atomic E-state index is 0.0238. The predicted molar refractivity (Wildman–Crippen MR) is 140 cm³/mol. The maximum atomic E-state index is 12.8. The van der Waals surface area contributed by atoms with Crippen molar-refractivity contribution in [2.75, 3.05) is 19.0 Å². The number of rotatable bonds is 7. The minimum atomic E-state index is -0.641. The number of thioether (sulfide) groups is 1. The van der Waals surface area contributed by atoms with Gasteiger partial charge in [-0.15, -0.1) is 0 Å². The van der Waals surface area contributed by atoms with Crippen LogP contribution in [0.25, 0.3) is 17.4 Å². The number of carbonyl (C=O) groups excluding carboxylic acids is 3. The van der Waals surface area contributed by atoms with E-state index in [-0.39, 0.29) is 16.4 Å². The van der Waals surface area contributed by atoms with Crippen molar-refractivity contribution in [3.63, 3.8) is 0 Å². The molecule has 3 aromatic rings. The summed E-state index contributed by atoms with van der Waals surface area (Å²) in [6, 6.07) is 11.1. The van der Waals surface area contributed by atoms with Crippen molar-refractivity contribution in [1.29, 1.82) is 0 Å². The predicted octanol–water partition coefficient (Wildman–Crippen LogP) is 5.81. The van der Waals surface area contributed by atoms with Gasteiger partial charge in [-0.05, 0) is 67.6 Å². The zero-order valence-corrected chi connectivity index (χ0v) is 21.4. The van der Waals surface area contributed by atoms with Crippen LogP contribution in [-0.4, -0.2) is 40.5 Å². The Labute approximate surface area is 220 Å². The fourth-order valence-corrected chi connectivity index (χ4v) is 4.69. The molecular formula is C25H20ClN3O7S. The van der Waals surface area contributed by atoms with E-state index < -0.39 is 28.5 Å². The Kier molecular flexibility index (Phi) is 7.37. The number of ether oxygens (including phenoxy) is 1. The lowest BCUT2D eigenvalue weighted by atomic mass is 10.0. The molecule has 0 radical (unpaired) electrons. The van der Waals surface area contributed by atoms with Crippen LogP contribution >= 0.6 is 23.4 Å².